The molecule has 0 spiro atoms. The van der Waals surface area contributed by atoms with Gasteiger partial charge in [0.15, 0.2) is 0 Å². The molecule has 5 heteroatoms. The first kappa shape index (κ1) is 11.4. The summed E-state index contributed by atoms with van der Waals surface area (Å²) < 4.78 is 0. The van der Waals surface area contributed by atoms with Crippen molar-refractivity contribution in [1.29, 1.82) is 0 Å². The maximum Gasteiger partial charge on any atom is 0.230 e. The number of imidazole rings is 1. The van der Waals surface area contributed by atoms with Gasteiger partial charge in [-0.3, -0.25) is 9.78 Å². The van der Waals surface area contributed by atoms with Crippen molar-refractivity contribution in [2.24, 2.45) is 0 Å². The number of nitrogens with one attached hydrogen (secondary N) is 2. The van der Waals surface area contributed by atoms with Gasteiger partial charge < -0.3 is 10.3 Å². The van der Waals surface area contributed by atoms with Crippen LogP contribution in [0.4, 0.5) is 5.69 Å². The minimum absolute atomic E-state index is 0.0950. The number of carbonyl (C=O) groups is 1. The van der Waals surface area contributed by atoms with Crippen molar-refractivity contribution in [3.63, 3.8) is 0 Å². The average Bonchev–Trinajstić information content (AvgIpc) is 2.92. The van der Waals surface area contributed by atoms with Crippen LogP contribution in [-0.2, 0) is 11.2 Å². The van der Waals surface area contributed by atoms with Crippen LogP contribution in [0.2, 0.25) is 0 Å². The third-order valence-corrected chi connectivity index (χ3v) is 2.81. The molecular formula is C14H12N4O. The molecule has 94 valence electrons. The van der Waals surface area contributed by atoms with Gasteiger partial charge in [-0.1, -0.05) is 18.2 Å². The number of fused-ring (bicyclic) bond motifs is 1. The number of aromatic nitrogens is 3. The van der Waals surface area contributed by atoms with E-state index in [1.165, 1.54) is 0 Å². The lowest BCUT2D eigenvalue weighted by atomic mass is 10.2. The second kappa shape index (κ2) is 4.89. The van der Waals surface area contributed by atoms with Gasteiger partial charge in [0.1, 0.15) is 0 Å². The van der Waals surface area contributed by atoms with Gasteiger partial charge in [-0.2, -0.15) is 0 Å². The summed E-state index contributed by atoms with van der Waals surface area (Å²) in [6, 6.07) is 9.55. The lowest BCUT2D eigenvalue weighted by Crippen LogP contribution is -2.15. The van der Waals surface area contributed by atoms with Gasteiger partial charge in [0, 0.05) is 23.5 Å². The number of hydrogen-bond donors (Lipinski definition) is 2. The summed E-state index contributed by atoms with van der Waals surface area (Å²) in [5, 5.41) is 3.88. The average molecular weight is 252 g/mol. The highest BCUT2D eigenvalue weighted by molar-refractivity contribution is 6.00. The van der Waals surface area contributed by atoms with Crippen LogP contribution in [0.15, 0.2) is 49.1 Å². The molecule has 2 aromatic heterocycles. The van der Waals surface area contributed by atoms with E-state index in [0.717, 1.165) is 22.3 Å². The van der Waals surface area contributed by atoms with Crippen LogP contribution in [-0.4, -0.2) is 20.9 Å². The lowest BCUT2D eigenvalue weighted by molar-refractivity contribution is -0.115. The van der Waals surface area contributed by atoms with Crippen molar-refractivity contribution in [2.75, 3.05) is 5.32 Å². The van der Waals surface area contributed by atoms with E-state index in [9.17, 15) is 4.79 Å². The fourth-order valence-electron chi connectivity index (χ4n) is 1.95. The lowest BCUT2D eigenvalue weighted by Gasteiger charge is -2.07. The normalized spacial score (nSPS) is 10.5. The summed E-state index contributed by atoms with van der Waals surface area (Å²) in [4.78, 5) is 23.0. The fraction of sp³-hybridized carbons (Fsp3) is 0.0714. The number of amides is 1. The Bertz CT molecular complexity index is 701. The Morgan fingerprint density at radius 2 is 2.16 bits per heavy atom. The molecule has 0 saturated heterocycles. The highest BCUT2D eigenvalue weighted by Gasteiger charge is 2.07. The molecule has 0 aliphatic heterocycles. The number of nitrogens with zero attached hydrogens (tertiary/aromatic N) is 2. The predicted molar refractivity (Wildman–Crippen MR) is 72.7 cm³/mol. The molecule has 0 aliphatic rings. The Morgan fingerprint density at radius 3 is 3.00 bits per heavy atom. The largest absolute Gasteiger partial charge is 0.348 e. The minimum atomic E-state index is -0.0950. The monoisotopic (exact) mass is 252 g/mol. The number of aromatic amines is 1. The molecule has 1 aromatic carbocycles. The molecule has 3 rings (SSSR count). The molecule has 0 radical (unpaired) electrons. The minimum Gasteiger partial charge on any atom is -0.348 e. The van der Waals surface area contributed by atoms with Gasteiger partial charge in [-0.25, -0.2) is 4.98 Å². The quantitative estimate of drug-likeness (QED) is 0.750. The second-order valence-corrected chi connectivity index (χ2v) is 4.18. The van der Waals surface area contributed by atoms with Crippen LogP contribution in [0, 0.1) is 0 Å². The summed E-state index contributed by atoms with van der Waals surface area (Å²) >= 11 is 0. The van der Waals surface area contributed by atoms with Gasteiger partial charge in [0.05, 0.1) is 24.0 Å². The maximum atomic E-state index is 11.9. The summed E-state index contributed by atoms with van der Waals surface area (Å²) in [6.45, 7) is 0. The SMILES string of the molecule is O=C(Cc1cnc[nH]1)Nc1cccc2cccnc12. The Balaban J connectivity index is 1.83. The maximum absolute atomic E-state index is 11.9. The Kier molecular flexibility index (Phi) is 2.94. The van der Waals surface area contributed by atoms with Crippen molar-refractivity contribution in [1.82, 2.24) is 15.0 Å². The predicted octanol–water partition coefficient (Wildman–Crippen LogP) is 2.14. The van der Waals surface area contributed by atoms with Gasteiger partial charge >= 0.3 is 0 Å². The van der Waals surface area contributed by atoms with Crippen LogP contribution in [0.25, 0.3) is 10.9 Å². The van der Waals surface area contributed by atoms with E-state index in [1.807, 2.05) is 30.3 Å². The molecule has 0 aliphatic carbocycles. The van der Waals surface area contributed by atoms with E-state index in [2.05, 4.69) is 20.3 Å². The Morgan fingerprint density at radius 1 is 1.26 bits per heavy atom. The van der Waals surface area contributed by atoms with Crippen molar-refractivity contribution < 1.29 is 4.79 Å². The standard InChI is InChI=1S/C14H12N4O/c19-13(7-11-8-15-9-17-11)18-12-5-1-3-10-4-2-6-16-14(10)12/h1-6,8-9H,7H2,(H,15,17)(H,18,19). The number of anilines is 1. The van der Waals surface area contributed by atoms with E-state index in [0.29, 0.717) is 0 Å². The number of H-pyrrole nitrogens is 1. The van der Waals surface area contributed by atoms with E-state index in [-0.39, 0.29) is 12.3 Å². The zero-order valence-electron chi connectivity index (χ0n) is 10.1. The summed E-state index contributed by atoms with van der Waals surface area (Å²) in [7, 11) is 0. The van der Waals surface area contributed by atoms with E-state index < -0.39 is 0 Å². The molecule has 0 saturated carbocycles. The Labute approximate surface area is 109 Å². The smallest absolute Gasteiger partial charge is 0.230 e. The van der Waals surface area contributed by atoms with Crippen LogP contribution >= 0.6 is 0 Å². The molecule has 3 aromatic rings. The number of carbonyl (C=O) groups excluding carboxylic acids is 1. The van der Waals surface area contributed by atoms with Crippen LogP contribution < -0.4 is 5.32 Å². The third kappa shape index (κ3) is 2.44. The van der Waals surface area contributed by atoms with Crippen LogP contribution in [0.3, 0.4) is 0 Å². The number of rotatable bonds is 3. The molecule has 2 heterocycles. The molecule has 19 heavy (non-hydrogen) atoms. The van der Waals surface area contributed by atoms with Crippen molar-refractivity contribution in [3.8, 4) is 0 Å². The van der Waals surface area contributed by atoms with E-state index in [4.69, 9.17) is 0 Å². The highest BCUT2D eigenvalue weighted by Crippen LogP contribution is 2.20. The van der Waals surface area contributed by atoms with E-state index >= 15 is 0 Å². The molecule has 1 amide bonds. The van der Waals surface area contributed by atoms with Crippen molar-refractivity contribution in [2.45, 2.75) is 6.42 Å². The molecule has 0 atom stereocenters. The highest BCUT2D eigenvalue weighted by atomic mass is 16.1. The van der Waals surface area contributed by atoms with Gasteiger partial charge in [-0.15, -0.1) is 0 Å². The summed E-state index contributed by atoms with van der Waals surface area (Å²) in [5.41, 5.74) is 2.30. The topological polar surface area (TPSA) is 70.7 Å². The number of hydrogen-bond acceptors (Lipinski definition) is 3. The zero-order chi connectivity index (χ0) is 13.1. The van der Waals surface area contributed by atoms with Gasteiger partial charge in [0.25, 0.3) is 0 Å². The second-order valence-electron chi connectivity index (χ2n) is 4.18. The fourth-order valence-corrected chi connectivity index (χ4v) is 1.95. The van der Waals surface area contributed by atoms with Crippen LogP contribution in [0.1, 0.15) is 5.69 Å². The Hall–Kier alpha value is -2.69. The van der Waals surface area contributed by atoms with Gasteiger partial charge in [-0.05, 0) is 12.1 Å². The molecule has 0 unspecified atom stereocenters. The summed E-state index contributed by atoms with van der Waals surface area (Å²) in [6.07, 6.45) is 5.18. The molecular weight excluding hydrogens is 240 g/mol. The number of para-hydroxylation sites is 1. The van der Waals surface area contributed by atoms with Crippen LogP contribution in [0.5, 0.6) is 0 Å². The molecule has 0 fully saturated rings. The molecule has 0 bridgehead atoms. The van der Waals surface area contributed by atoms with Crippen molar-refractivity contribution in [3.05, 3.63) is 54.7 Å². The van der Waals surface area contributed by atoms with E-state index in [1.54, 1.807) is 18.7 Å². The van der Waals surface area contributed by atoms with Gasteiger partial charge in [0.2, 0.25) is 5.91 Å². The molecule has 5 nitrogen and oxygen atoms in total. The zero-order valence-corrected chi connectivity index (χ0v) is 10.1. The first-order valence-electron chi connectivity index (χ1n) is 5.94. The number of pyridine rings is 1. The molecule has 2 N–H and O–H groups in total. The van der Waals surface area contributed by atoms with Crippen molar-refractivity contribution >= 4 is 22.5 Å². The third-order valence-electron chi connectivity index (χ3n) is 2.81. The summed E-state index contributed by atoms with van der Waals surface area (Å²) in [5.74, 6) is -0.0950. The number of benzene rings is 1. The first-order valence-corrected chi connectivity index (χ1v) is 5.94. The first-order chi connectivity index (χ1) is 9.33.